The minimum Gasteiger partial charge on any atom is -0.313 e. The molecule has 0 bridgehead atoms. The maximum atomic E-state index is 13.4. The van der Waals surface area contributed by atoms with E-state index in [9.17, 15) is 4.39 Å². The summed E-state index contributed by atoms with van der Waals surface area (Å²) in [5, 5.41) is 3.33. The molecule has 20 heavy (non-hydrogen) atoms. The Hall–Kier alpha value is -0.460. The molecule has 2 rings (SSSR count). The van der Waals surface area contributed by atoms with Crippen molar-refractivity contribution in [1.29, 1.82) is 0 Å². The van der Waals surface area contributed by atoms with Crippen molar-refractivity contribution in [3.05, 3.63) is 66.9 Å². The molecule has 0 heterocycles. The molecule has 0 aliphatic heterocycles. The van der Waals surface area contributed by atoms with Gasteiger partial charge in [0.05, 0.1) is 0 Å². The minimum atomic E-state index is -0.197. The highest BCUT2D eigenvalue weighted by Crippen LogP contribution is 2.28. The van der Waals surface area contributed by atoms with E-state index in [4.69, 9.17) is 0 Å². The van der Waals surface area contributed by atoms with Crippen LogP contribution in [-0.4, -0.2) is 7.05 Å². The third-order valence-electron chi connectivity index (χ3n) is 3.38. The normalized spacial score (nSPS) is 12.4. The second-order valence-corrected chi connectivity index (χ2v) is 6.69. The van der Waals surface area contributed by atoms with Crippen LogP contribution in [0.5, 0.6) is 0 Å². The van der Waals surface area contributed by atoms with Crippen molar-refractivity contribution in [3.8, 4) is 0 Å². The van der Waals surface area contributed by atoms with Gasteiger partial charge >= 0.3 is 0 Å². The predicted octanol–water partition coefficient (Wildman–Crippen LogP) is 5.00. The Balaban J connectivity index is 2.34. The van der Waals surface area contributed by atoms with E-state index in [0.29, 0.717) is 0 Å². The zero-order valence-electron chi connectivity index (χ0n) is 11.4. The summed E-state index contributed by atoms with van der Waals surface area (Å²) in [6, 6.07) is 11.3. The van der Waals surface area contributed by atoms with Gasteiger partial charge in [0.15, 0.2) is 0 Å². The topological polar surface area (TPSA) is 12.0 Å². The van der Waals surface area contributed by atoms with Gasteiger partial charge in [0.2, 0.25) is 0 Å². The van der Waals surface area contributed by atoms with E-state index < -0.39 is 0 Å². The molecule has 0 aliphatic rings. The van der Waals surface area contributed by atoms with Gasteiger partial charge in [-0.15, -0.1) is 0 Å². The van der Waals surface area contributed by atoms with Crippen LogP contribution in [0.2, 0.25) is 0 Å². The van der Waals surface area contributed by atoms with Crippen LogP contribution in [0.25, 0.3) is 0 Å². The number of aryl methyl sites for hydroxylation is 1. The van der Waals surface area contributed by atoms with Crippen LogP contribution in [0.4, 0.5) is 4.39 Å². The Labute approximate surface area is 141 Å². The van der Waals surface area contributed by atoms with Crippen molar-refractivity contribution in [3.63, 3.8) is 0 Å². The fourth-order valence-electron chi connectivity index (χ4n) is 2.23. The average molecular weight is 448 g/mol. The molecule has 2 aromatic rings. The summed E-state index contributed by atoms with van der Waals surface area (Å²) < 4.78 is 15.6. The van der Waals surface area contributed by atoms with Crippen molar-refractivity contribution in [1.82, 2.24) is 5.32 Å². The summed E-state index contributed by atoms with van der Waals surface area (Å²) in [7, 11) is 1.94. The van der Waals surface area contributed by atoms with Crippen LogP contribution in [0.15, 0.2) is 40.9 Å². The first-order valence-electron chi connectivity index (χ1n) is 6.39. The van der Waals surface area contributed by atoms with Gasteiger partial charge in [-0.1, -0.05) is 34.1 Å². The summed E-state index contributed by atoms with van der Waals surface area (Å²) in [5.41, 5.74) is 3.49. The van der Waals surface area contributed by atoms with Crippen molar-refractivity contribution < 1.29 is 4.39 Å². The molecule has 1 nitrogen and oxygen atoms in total. The van der Waals surface area contributed by atoms with Gasteiger partial charge in [0, 0.05) is 14.1 Å². The molecular weight excluding hydrogens is 432 g/mol. The molecule has 0 radical (unpaired) electrons. The van der Waals surface area contributed by atoms with Crippen LogP contribution < -0.4 is 5.32 Å². The van der Waals surface area contributed by atoms with E-state index in [1.807, 2.05) is 7.05 Å². The first-order valence-corrected chi connectivity index (χ1v) is 8.26. The largest absolute Gasteiger partial charge is 0.313 e. The molecule has 1 atom stereocenters. The Morgan fingerprint density at radius 1 is 1.30 bits per heavy atom. The molecule has 1 N–H and O–H groups in total. The molecule has 0 amide bonds. The highest BCUT2D eigenvalue weighted by atomic mass is 127. The van der Waals surface area contributed by atoms with E-state index in [0.717, 1.165) is 16.5 Å². The van der Waals surface area contributed by atoms with Crippen molar-refractivity contribution in [2.24, 2.45) is 0 Å². The molecule has 2 aromatic carbocycles. The lowest BCUT2D eigenvalue weighted by atomic mass is 9.97. The number of nitrogens with one attached hydrogen (secondary N) is 1. The fraction of sp³-hybridized carbons (Fsp3) is 0.250. The highest BCUT2D eigenvalue weighted by molar-refractivity contribution is 14.1. The monoisotopic (exact) mass is 447 g/mol. The van der Waals surface area contributed by atoms with Gasteiger partial charge in [-0.3, -0.25) is 0 Å². The summed E-state index contributed by atoms with van der Waals surface area (Å²) in [6.45, 7) is 2.11. The first kappa shape index (κ1) is 15.9. The number of hydrogen-bond donors (Lipinski definition) is 1. The molecule has 106 valence electrons. The van der Waals surface area contributed by atoms with Gasteiger partial charge in [-0.25, -0.2) is 4.39 Å². The van der Waals surface area contributed by atoms with Crippen molar-refractivity contribution >= 4 is 38.5 Å². The Morgan fingerprint density at radius 2 is 2.05 bits per heavy atom. The number of benzene rings is 2. The predicted molar refractivity (Wildman–Crippen MR) is 93.5 cm³/mol. The van der Waals surface area contributed by atoms with E-state index >= 15 is 0 Å². The first-order chi connectivity index (χ1) is 9.52. The van der Waals surface area contributed by atoms with Crippen molar-refractivity contribution in [2.45, 2.75) is 19.4 Å². The molecule has 4 heteroatoms. The van der Waals surface area contributed by atoms with Crippen LogP contribution in [0.3, 0.4) is 0 Å². The smallest absolute Gasteiger partial charge is 0.123 e. The molecule has 0 saturated heterocycles. The summed E-state index contributed by atoms with van der Waals surface area (Å²) in [4.78, 5) is 0. The Bertz CT molecular complexity index is 615. The van der Waals surface area contributed by atoms with Gasteiger partial charge in [0.1, 0.15) is 5.82 Å². The van der Waals surface area contributed by atoms with Gasteiger partial charge < -0.3 is 5.32 Å². The maximum absolute atomic E-state index is 13.4. The lowest BCUT2D eigenvalue weighted by molar-refractivity contribution is 0.580. The van der Waals surface area contributed by atoms with Crippen LogP contribution in [-0.2, 0) is 6.42 Å². The standard InChI is InChI=1S/C16H16BrFIN/c1-10-4-3-5-13(16(10)19)15(20-2)9-11-8-12(18)6-7-14(11)17/h3-8,15,20H,9H2,1-2H3. The number of likely N-dealkylation sites (N-methyl/N-ethyl adjacent to an activating group) is 1. The Kier molecular flexibility index (Phi) is 5.57. The molecular formula is C16H16BrFIN. The zero-order chi connectivity index (χ0) is 14.7. The van der Waals surface area contributed by atoms with Crippen molar-refractivity contribution in [2.75, 3.05) is 7.05 Å². The summed E-state index contributed by atoms with van der Waals surface area (Å²) in [5.74, 6) is -0.197. The minimum absolute atomic E-state index is 0.167. The van der Waals surface area contributed by atoms with E-state index in [2.05, 4.69) is 69.0 Å². The third-order valence-corrected chi connectivity index (χ3v) is 5.62. The molecule has 0 aromatic heterocycles. The van der Waals surface area contributed by atoms with Gasteiger partial charge in [-0.2, -0.15) is 0 Å². The second kappa shape index (κ2) is 7.00. The summed E-state index contributed by atoms with van der Waals surface area (Å²) >= 11 is 5.87. The van der Waals surface area contributed by atoms with E-state index in [-0.39, 0.29) is 11.9 Å². The summed E-state index contributed by atoms with van der Waals surface area (Å²) in [6.07, 6.45) is 0.744. The van der Waals surface area contributed by atoms with Gasteiger partial charge in [-0.05, 0) is 77.9 Å². The number of hydrogen-bond acceptors (Lipinski definition) is 1. The molecule has 0 aliphatic carbocycles. The Morgan fingerprint density at radius 3 is 2.75 bits per heavy atom. The molecule has 0 spiro atoms. The second-order valence-electron chi connectivity index (χ2n) is 4.76. The quantitative estimate of drug-likeness (QED) is 0.650. The number of rotatable bonds is 4. The molecule has 1 unspecified atom stereocenters. The lowest BCUT2D eigenvalue weighted by Crippen LogP contribution is -2.20. The number of halogens is 3. The van der Waals surface area contributed by atoms with E-state index in [1.165, 1.54) is 20.8 Å². The fourth-order valence-corrected chi connectivity index (χ4v) is 3.37. The maximum Gasteiger partial charge on any atom is 0.123 e. The zero-order valence-corrected chi connectivity index (χ0v) is 15.1. The third kappa shape index (κ3) is 3.59. The van der Waals surface area contributed by atoms with E-state index in [1.54, 1.807) is 12.1 Å². The lowest BCUT2D eigenvalue weighted by Gasteiger charge is -2.20. The average Bonchev–Trinajstić information content (AvgIpc) is 2.43. The van der Waals surface area contributed by atoms with Gasteiger partial charge in [0.25, 0.3) is 0 Å². The SMILES string of the molecule is CNC(Cc1cc(F)ccc1Br)c1cccc(C)c1I. The van der Waals surface area contributed by atoms with Crippen LogP contribution >= 0.6 is 38.5 Å². The molecule has 0 saturated carbocycles. The molecule has 0 fully saturated rings. The van der Waals surface area contributed by atoms with Crippen LogP contribution in [0, 0.1) is 16.3 Å². The van der Waals surface area contributed by atoms with Crippen LogP contribution in [0.1, 0.15) is 22.7 Å². The highest BCUT2D eigenvalue weighted by Gasteiger charge is 2.16.